The van der Waals surface area contributed by atoms with E-state index < -0.39 is 0 Å². The molecule has 1 atom stereocenters. The Balaban J connectivity index is 2.09. The van der Waals surface area contributed by atoms with Gasteiger partial charge >= 0.3 is 0 Å². The Morgan fingerprint density at radius 1 is 1.14 bits per heavy atom. The molecule has 122 valence electrons. The van der Waals surface area contributed by atoms with Gasteiger partial charge in [0.05, 0.1) is 6.04 Å². The van der Waals surface area contributed by atoms with E-state index in [1.54, 1.807) is 0 Å². The molecule has 1 unspecified atom stereocenters. The minimum absolute atomic E-state index is 0.00418. The lowest BCUT2D eigenvalue weighted by molar-refractivity contribution is -0.122. The van der Waals surface area contributed by atoms with Gasteiger partial charge in [0.25, 0.3) is 0 Å². The fraction of sp³-hybridized carbons (Fsp3) is 0.611. The normalized spacial score (nSPS) is 15.0. The molecular weight excluding hydrogens is 278 g/mol. The average Bonchev–Trinajstić information content (AvgIpc) is 2.49. The summed E-state index contributed by atoms with van der Waals surface area (Å²) in [7, 11) is 0. The maximum Gasteiger partial charge on any atom is 0.220 e. The van der Waals surface area contributed by atoms with Gasteiger partial charge in [0.15, 0.2) is 11.5 Å². The summed E-state index contributed by atoms with van der Waals surface area (Å²) < 4.78 is 11.2. The number of amides is 1. The SMILES string of the molecule is CC(C)CCC(=O)NC(c1ccc2c(c1)OCCO2)C(C)C. The van der Waals surface area contributed by atoms with E-state index in [9.17, 15) is 4.79 Å². The molecule has 1 N–H and O–H groups in total. The van der Waals surface area contributed by atoms with Crippen LogP contribution in [0.2, 0.25) is 0 Å². The smallest absolute Gasteiger partial charge is 0.220 e. The summed E-state index contributed by atoms with van der Waals surface area (Å²) in [4.78, 5) is 12.2. The van der Waals surface area contributed by atoms with Gasteiger partial charge in [-0.1, -0.05) is 33.8 Å². The van der Waals surface area contributed by atoms with E-state index in [-0.39, 0.29) is 11.9 Å². The van der Waals surface area contributed by atoms with Gasteiger partial charge in [0.2, 0.25) is 5.91 Å². The van der Waals surface area contributed by atoms with Gasteiger partial charge in [0, 0.05) is 6.42 Å². The molecule has 4 nitrogen and oxygen atoms in total. The van der Waals surface area contributed by atoms with Crippen molar-refractivity contribution in [3.63, 3.8) is 0 Å². The van der Waals surface area contributed by atoms with E-state index in [0.29, 0.717) is 31.5 Å². The number of hydrogen-bond acceptors (Lipinski definition) is 3. The zero-order valence-electron chi connectivity index (χ0n) is 14.0. The average molecular weight is 305 g/mol. The van der Waals surface area contributed by atoms with Crippen LogP contribution in [0, 0.1) is 11.8 Å². The van der Waals surface area contributed by atoms with Gasteiger partial charge in [0.1, 0.15) is 13.2 Å². The van der Waals surface area contributed by atoms with Crippen LogP contribution in [-0.2, 0) is 4.79 Å². The molecule has 2 rings (SSSR count). The highest BCUT2D eigenvalue weighted by Gasteiger charge is 2.21. The van der Waals surface area contributed by atoms with Gasteiger partial charge in [-0.05, 0) is 36.0 Å². The fourth-order valence-electron chi connectivity index (χ4n) is 2.55. The number of carbonyl (C=O) groups is 1. The van der Waals surface area contributed by atoms with Crippen LogP contribution in [0.5, 0.6) is 11.5 Å². The van der Waals surface area contributed by atoms with Crippen molar-refractivity contribution in [3.8, 4) is 11.5 Å². The lowest BCUT2D eigenvalue weighted by Crippen LogP contribution is -2.32. The van der Waals surface area contributed by atoms with Gasteiger partial charge < -0.3 is 14.8 Å². The van der Waals surface area contributed by atoms with Gasteiger partial charge in [-0.2, -0.15) is 0 Å². The van der Waals surface area contributed by atoms with Gasteiger partial charge in [-0.3, -0.25) is 4.79 Å². The standard InChI is InChI=1S/C18H27NO3/c1-12(2)5-8-17(20)19-18(13(3)4)14-6-7-15-16(11-14)22-10-9-21-15/h6-7,11-13,18H,5,8-10H2,1-4H3,(H,19,20). The number of rotatable bonds is 6. The third kappa shape index (κ3) is 4.39. The first-order valence-corrected chi connectivity index (χ1v) is 8.16. The van der Waals surface area contributed by atoms with Crippen LogP contribution >= 0.6 is 0 Å². The number of ether oxygens (including phenoxy) is 2. The summed E-state index contributed by atoms with van der Waals surface area (Å²) in [5.74, 6) is 2.51. The first kappa shape index (κ1) is 16.7. The quantitative estimate of drug-likeness (QED) is 0.871. The van der Waals surface area contributed by atoms with E-state index in [0.717, 1.165) is 23.5 Å². The second kappa shape index (κ2) is 7.52. The summed E-state index contributed by atoms with van der Waals surface area (Å²) in [5.41, 5.74) is 1.07. The van der Waals surface area contributed by atoms with Crippen LogP contribution in [0.4, 0.5) is 0 Å². The van der Waals surface area contributed by atoms with Crippen LogP contribution in [0.25, 0.3) is 0 Å². The molecule has 1 amide bonds. The number of fused-ring (bicyclic) bond motifs is 1. The number of carbonyl (C=O) groups excluding carboxylic acids is 1. The Morgan fingerprint density at radius 3 is 2.45 bits per heavy atom. The van der Waals surface area contributed by atoms with Crippen LogP contribution in [0.3, 0.4) is 0 Å². The molecule has 1 aromatic carbocycles. The zero-order chi connectivity index (χ0) is 16.1. The second-order valence-electron chi connectivity index (χ2n) is 6.62. The molecule has 0 saturated heterocycles. The summed E-state index contributed by atoms with van der Waals surface area (Å²) in [6.45, 7) is 9.66. The Morgan fingerprint density at radius 2 is 1.82 bits per heavy atom. The molecule has 0 bridgehead atoms. The van der Waals surface area contributed by atoms with Gasteiger partial charge in [-0.25, -0.2) is 0 Å². The molecule has 0 aliphatic carbocycles. The zero-order valence-corrected chi connectivity index (χ0v) is 14.0. The highest BCUT2D eigenvalue weighted by Crippen LogP contribution is 2.34. The van der Waals surface area contributed by atoms with Crippen molar-refractivity contribution in [1.29, 1.82) is 0 Å². The third-order valence-corrected chi connectivity index (χ3v) is 3.86. The Hall–Kier alpha value is -1.71. The summed E-state index contributed by atoms with van der Waals surface area (Å²) in [5, 5.41) is 3.16. The molecule has 1 heterocycles. The molecule has 0 radical (unpaired) electrons. The number of nitrogens with one attached hydrogen (secondary N) is 1. The highest BCUT2D eigenvalue weighted by molar-refractivity contribution is 5.76. The first-order chi connectivity index (χ1) is 10.5. The number of benzene rings is 1. The molecule has 4 heteroatoms. The largest absolute Gasteiger partial charge is 0.486 e. The molecule has 0 fully saturated rings. The minimum Gasteiger partial charge on any atom is -0.486 e. The highest BCUT2D eigenvalue weighted by atomic mass is 16.6. The first-order valence-electron chi connectivity index (χ1n) is 8.16. The maximum absolute atomic E-state index is 12.2. The van der Waals surface area contributed by atoms with Crippen molar-refractivity contribution < 1.29 is 14.3 Å². The summed E-state index contributed by atoms with van der Waals surface area (Å²) >= 11 is 0. The van der Waals surface area contributed by atoms with Crippen LogP contribution in [0.1, 0.15) is 52.1 Å². The van der Waals surface area contributed by atoms with E-state index in [4.69, 9.17) is 9.47 Å². The topological polar surface area (TPSA) is 47.6 Å². The molecular formula is C18H27NO3. The minimum atomic E-state index is -0.00418. The van der Waals surface area contributed by atoms with E-state index in [1.165, 1.54) is 0 Å². The van der Waals surface area contributed by atoms with Crippen molar-refractivity contribution in [3.05, 3.63) is 23.8 Å². The predicted octanol–water partition coefficient (Wildman–Crippen LogP) is 3.71. The van der Waals surface area contributed by atoms with Crippen LogP contribution in [-0.4, -0.2) is 19.1 Å². The molecule has 1 aliphatic heterocycles. The molecule has 0 saturated carbocycles. The lowest BCUT2D eigenvalue weighted by Gasteiger charge is -2.25. The molecule has 22 heavy (non-hydrogen) atoms. The monoisotopic (exact) mass is 305 g/mol. The molecule has 1 aromatic rings. The van der Waals surface area contributed by atoms with Crippen LogP contribution < -0.4 is 14.8 Å². The predicted molar refractivity (Wildman–Crippen MR) is 87.2 cm³/mol. The van der Waals surface area contributed by atoms with Crippen molar-refractivity contribution in [1.82, 2.24) is 5.32 Å². The van der Waals surface area contributed by atoms with Crippen molar-refractivity contribution in [2.24, 2.45) is 11.8 Å². The molecule has 0 aromatic heterocycles. The fourth-order valence-corrected chi connectivity index (χ4v) is 2.55. The molecule has 0 spiro atoms. The van der Waals surface area contributed by atoms with E-state index >= 15 is 0 Å². The van der Waals surface area contributed by atoms with Crippen LogP contribution in [0.15, 0.2) is 18.2 Å². The second-order valence-corrected chi connectivity index (χ2v) is 6.62. The Labute approximate surface area is 133 Å². The number of hydrogen-bond donors (Lipinski definition) is 1. The molecule has 1 aliphatic rings. The summed E-state index contributed by atoms with van der Waals surface area (Å²) in [6, 6.07) is 5.93. The van der Waals surface area contributed by atoms with E-state index in [2.05, 4.69) is 33.0 Å². The van der Waals surface area contributed by atoms with Crippen molar-refractivity contribution in [2.75, 3.05) is 13.2 Å². The maximum atomic E-state index is 12.2. The third-order valence-electron chi connectivity index (χ3n) is 3.86. The Kier molecular flexibility index (Phi) is 5.69. The van der Waals surface area contributed by atoms with Crippen molar-refractivity contribution >= 4 is 5.91 Å². The lowest BCUT2D eigenvalue weighted by atomic mass is 9.95. The van der Waals surface area contributed by atoms with Gasteiger partial charge in [-0.15, -0.1) is 0 Å². The van der Waals surface area contributed by atoms with E-state index in [1.807, 2.05) is 18.2 Å². The Bertz CT molecular complexity index is 511. The van der Waals surface area contributed by atoms with Crippen molar-refractivity contribution in [2.45, 2.75) is 46.6 Å². The summed E-state index contributed by atoms with van der Waals surface area (Å²) in [6.07, 6.45) is 1.49.